The molecule has 1 aliphatic carbocycles. The van der Waals surface area contributed by atoms with Gasteiger partial charge in [0.05, 0.1) is 14.2 Å². The van der Waals surface area contributed by atoms with Gasteiger partial charge >= 0.3 is 5.97 Å². The smallest absolute Gasteiger partial charge is 0.305 e. The summed E-state index contributed by atoms with van der Waals surface area (Å²) in [7, 11) is 3.10. The number of nitrogens with two attached hydrogens (primary N) is 1. The molecule has 1 unspecified atom stereocenters. The van der Waals surface area contributed by atoms with Gasteiger partial charge in [0.2, 0.25) is 0 Å². The molecule has 2 N–H and O–H groups in total. The summed E-state index contributed by atoms with van der Waals surface area (Å²) in [4.78, 5) is 11.1. The number of aryl methyl sites for hydroxylation is 1. The van der Waals surface area contributed by atoms with Crippen LogP contribution in [0.3, 0.4) is 0 Å². The largest absolute Gasteiger partial charge is 0.497 e. The lowest BCUT2D eigenvalue weighted by Crippen LogP contribution is -2.19. The van der Waals surface area contributed by atoms with Gasteiger partial charge in [-0.15, -0.1) is 0 Å². The molecule has 19 heavy (non-hydrogen) atoms. The molecule has 4 nitrogen and oxygen atoms in total. The fourth-order valence-corrected chi connectivity index (χ4v) is 2.69. The maximum atomic E-state index is 11.1. The highest BCUT2D eigenvalue weighted by molar-refractivity contribution is 5.69. The molecular weight excluding hydrogens is 242 g/mol. The van der Waals surface area contributed by atoms with Gasteiger partial charge in [-0.3, -0.25) is 4.79 Å². The molecule has 0 amide bonds. The van der Waals surface area contributed by atoms with E-state index in [4.69, 9.17) is 10.5 Å². The summed E-state index contributed by atoms with van der Waals surface area (Å²) in [5.74, 6) is 0.720. The molecule has 1 aromatic rings. The Hall–Kier alpha value is -1.55. The number of benzene rings is 1. The molecule has 4 heteroatoms. The van der Waals surface area contributed by atoms with Crippen molar-refractivity contribution >= 4 is 5.97 Å². The lowest BCUT2D eigenvalue weighted by molar-refractivity contribution is -0.140. The fourth-order valence-electron chi connectivity index (χ4n) is 2.69. The number of fused-ring (bicyclic) bond motifs is 1. The molecule has 1 atom stereocenters. The molecule has 0 aromatic heterocycles. The van der Waals surface area contributed by atoms with Crippen LogP contribution in [0.1, 0.15) is 29.5 Å². The zero-order valence-electron chi connectivity index (χ0n) is 11.6. The standard InChI is InChI=1S/C15H21NO3/c1-18-13-7-10(4-3-5-15(17)19-2)14-9-12(16)6-11(14)8-13/h7-8,12H,3-6,9,16H2,1-2H3. The van der Waals surface area contributed by atoms with Crippen LogP contribution in [0.15, 0.2) is 12.1 Å². The van der Waals surface area contributed by atoms with Crippen molar-refractivity contribution < 1.29 is 14.3 Å². The Bertz CT molecular complexity index is 471. The van der Waals surface area contributed by atoms with Gasteiger partial charge < -0.3 is 15.2 Å². The van der Waals surface area contributed by atoms with Gasteiger partial charge in [-0.2, -0.15) is 0 Å². The molecule has 0 saturated heterocycles. The van der Waals surface area contributed by atoms with Crippen LogP contribution in [0.25, 0.3) is 0 Å². The van der Waals surface area contributed by atoms with E-state index in [1.165, 1.54) is 23.8 Å². The SMILES string of the molecule is COC(=O)CCCc1cc(OC)cc2c1CC(N)C2. The molecule has 0 bridgehead atoms. The number of rotatable bonds is 5. The zero-order chi connectivity index (χ0) is 13.8. The van der Waals surface area contributed by atoms with E-state index in [1.807, 2.05) is 0 Å². The van der Waals surface area contributed by atoms with Gasteiger partial charge in [-0.1, -0.05) is 0 Å². The highest BCUT2D eigenvalue weighted by atomic mass is 16.5. The average molecular weight is 263 g/mol. The number of carbonyl (C=O) groups excluding carboxylic acids is 1. The predicted octanol–water partition coefficient (Wildman–Crippen LogP) is 1.62. The van der Waals surface area contributed by atoms with Crippen LogP contribution in [0.2, 0.25) is 0 Å². The molecule has 104 valence electrons. The third kappa shape index (κ3) is 3.26. The third-order valence-electron chi connectivity index (χ3n) is 3.65. The second-order valence-corrected chi connectivity index (χ2v) is 5.02. The highest BCUT2D eigenvalue weighted by Crippen LogP contribution is 2.30. The Kier molecular flexibility index (Phi) is 4.43. The first-order valence-electron chi connectivity index (χ1n) is 6.65. The van der Waals surface area contributed by atoms with Crippen molar-refractivity contribution in [2.45, 2.75) is 38.1 Å². The quantitative estimate of drug-likeness (QED) is 0.820. The number of hydrogen-bond donors (Lipinski definition) is 1. The Labute approximate surface area is 113 Å². The molecule has 0 saturated carbocycles. The monoisotopic (exact) mass is 263 g/mol. The summed E-state index contributed by atoms with van der Waals surface area (Å²) in [6, 6.07) is 4.35. The van der Waals surface area contributed by atoms with Gasteiger partial charge in [0.1, 0.15) is 5.75 Å². The van der Waals surface area contributed by atoms with E-state index in [2.05, 4.69) is 16.9 Å². The summed E-state index contributed by atoms with van der Waals surface area (Å²) >= 11 is 0. The minimum atomic E-state index is -0.156. The van der Waals surface area contributed by atoms with Crippen LogP contribution in [-0.2, 0) is 28.8 Å². The Morgan fingerprint density at radius 3 is 2.84 bits per heavy atom. The maximum absolute atomic E-state index is 11.1. The fraction of sp³-hybridized carbons (Fsp3) is 0.533. The van der Waals surface area contributed by atoms with Gasteiger partial charge in [0, 0.05) is 12.5 Å². The van der Waals surface area contributed by atoms with Gasteiger partial charge in [0.25, 0.3) is 0 Å². The van der Waals surface area contributed by atoms with Crippen molar-refractivity contribution in [1.82, 2.24) is 0 Å². The maximum Gasteiger partial charge on any atom is 0.305 e. The van der Waals surface area contributed by atoms with Crippen molar-refractivity contribution in [2.75, 3.05) is 14.2 Å². The van der Waals surface area contributed by atoms with Gasteiger partial charge in [-0.25, -0.2) is 0 Å². The van der Waals surface area contributed by atoms with Crippen LogP contribution in [0.5, 0.6) is 5.75 Å². The van der Waals surface area contributed by atoms with E-state index in [0.29, 0.717) is 6.42 Å². The molecule has 0 radical (unpaired) electrons. The number of ether oxygens (including phenoxy) is 2. The normalized spacial score (nSPS) is 17.1. The minimum absolute atomic E-state index is 0.156. The van der Waals surface area contributed by atoms with E-state index in [-0.39, 0.29) is 12.0 Å². The van der Waals surface area contributed by atoms with Crippen molar-refractivity contribution in [3.8, 4) is 5.75 Å². The molecule has 1 aliphatic rings. The van der Waals surface area contributed by atoms with Gasteiger partial charge in [-0.05, 0) is 54.5 Å². The first-order chi connectivity index (χ1) is 9.13. The zero-order valence-corrected chi connectivity index (χ0v) is 11.6. The van der Waals surface area contributed by atoms with Crippen molar-refractivity contribution in [3.63, 3.8) is 0 Å². The molecule has 0 spiro atoms. The number of esters is 1. The van der Waals surface area contributed by atoms with Crippen LogP contribution < -0.4 is 10.5 Å². The minimum Gasteiger partial charge on any atom is -0.497 e. The Balaban J connectivity index is 2.11. The van der Waals surface area contributed by atoms with Crippen molar-refractivity contribution in [1.29, 1.82) is 0 Å². The average Bonchev–Trinajstić information content (AvgIpc) is 2.78. The first kappa shape index (κ1) is 13.9. The van der Waals surface area contributed by atoms with Crippen molar-refractivity contribution in [3.05, 3.63) is 28.8 Å². The van der Waals surface area contributed by atoms with E-state index >= 15 is 0 Å². The highest BCUT2D eigenvalue weighted by Gasteiger charge is 2.22. The van der Waals surface area contributed by atoms with E-state index in [1.54, 1.807) is 7.11 Å². The summed E-state index contributed by atoms with van der Waals surface area (Å²) in [6.07, 6.45) is 3.95. The van der Waals surface area contributed by atoms with Crippen LogP contribution in [0, 0.1) is 0 Å². The van der Waals surface area contributed by atoms with Crippen LogP contribution in [0.4, 0.5) is 0 Å². The second kappa shape index (κ2) is 6.06. The predicted molar refractivity (Wildman–Crippen MR) is 73.3 cm³/mol. The first-order valence-corrected chi connectivity index (χ1v) is 6.65. The Morgan fingerprint density at radius 2 is 2.16 bits per heavy atom. The van der Waals surface area contributed by atoms with Crippen LogP contribution >= 0.6 is 0 Å². The summed E-state index contributed by atoms with van der Waals surface area (Å²) in [6.45, 7) is 0. The number of carbonyl (C=O) groups is 1. The summed E-state index contributed by atoms with van der Waals surface area (Å²) in [5.41, 5.74) is 9.92. The number of hydrogen-bond acceptors (Lipinski definition) is 4. The van der Waals surface area contributed by atoms with Gasteiger partial charge in [0.15, 0.2) is 0 Å². The third-order valence-corrected chi connectivity index (χ3v) is 3.65. The second-order valence-electron chi connectivity index (χ2n) is 5.02. The van der Waals surface area contributed by atoms with Crippen molar-refractivity contribution in [2.24, 2.45) is 5.73 Å². The lowest BCUT2D eigenvalue weighted by atomic mass is 9.98. The molecule has 2 rings (SSSR count). The summed E-state index contributed by atoms with van der Waals surface area (Å²) in [5, 5.41) is 0. The molecule has 1 aromatic carbocycles. The van der Waals surface area contributed by atoms with E-state index in [9.17, 15) is 4.79 Å². The molecular formula is C15H21NO3. The van der Waals surface area contributed by atoms with E-state index < -0.39 is 0 Å². The lowest BCUT2D eigenvalue weighted by Gasteiger charge is -2.11. The molecule has 0 fully saturated rings. The Morgan fingerprint density at radius 1 is 1.37 bits per heavy atom. The van der Waals surface area contributed by atoms with Crippen LogP contribution in [-0.4, -0.2) is 26.2 Å². The summed E-state index contributed by atoms with van der Waals surface area (Å²) < 4.78 is 9.99. The molecule has 0 heterocycles. The molecule has 0 aliphatic heterocycles. The number of methoxy groups -OCH3 is 2. The van der Waals surface area contributed by atoms with E-state index in [0.717, 1.165) is 31.4 Å². The topological polar surface area (TPSA) is 61.5 Å².